The quantitative estimate of drug-likeness (QED) is 0.767. The Morgan fingerprint density at radius 1 is 1.39 bits per heavy atom. The number of hydrogen-bond acceptors (Lipinski definition) is 3. The smallest absolute Gasteiger partial charge is 0.326 e. The maximum atomic E-state index is 12.5. The van der Waals surface area contributed by atoms with E-state index in [1.807, 2.05) is 13.8 Å². The second-order valence-electron chi connectivity index (χ2n) is 5.75. The van der Waals surface area contributed by atoms with Crippen LogP contribution in [0.4, 0.5) is 0 Å². The highest BCUT2D eigenvalue weighted by molar-refractivity contribution is 5.86. The summed E-state index contributed by atoms with van der Waals surface area (Å²) in [4.78, 5) is 25.2. The van der Waals surface area contributed by atoms with Crippen LogP contribution in [0.15, 0.2) is 0 Å². The summed E-state index contributed by atoms with van der Waals surface area (Å²) in [7, 11) is 0. The minimum absolute atomic E-state index is 0.0866. The van der Waals surface area contributed by atoms with Crippen molar-refractivity contribution >= 4 is 11.9 Å². The van der Waals surface area contributed by atoms with Gasteiger partial charge in [0.05, 0.1) is 12.1 Å². The van der Waals surface area contributed by atoms with Crippen LogP contribution in [0.25, 0.3) is 0 Å². The third kappa shape index (κ3) is 2.11. The number of carbonyl (C=O) groups is 2. The summed E-state index contributed by atoms with van der Waals surface area (Å²) in [6.45, 7) is 3.98. The first kappa shape index (κ1) is 13.3. The van der Waals surface area contributed by atoms with E-state index in [0.29, 0.717) is 6.42 Å². The number of rotatable bonds is 2. The van der Waals surface area contributed by atoms with Crippen molar-refractivity contribution in [3.05, 3.63) is 0 Å². The lowest BCUT2D eigenvalue weighted by atomic mass is 9.90. The molecule has 0 aliphatic carbocycles. The van der Waals surface area contributed by atoms with Crippen LogP contribution in [0.2, 0.25) is 0 Å². The lowest BCUT2D eigenvalue weighted by molar-refractivity contribution is -0.151. The molecule has 4 atom stereocenters. The van der Waals surface area contributed by atoms with Crippen molar-refractivity contribution in [2.45, 2.75) is 57.7 Å². The highest BCUT2D eigenvalue weighted by Crippen LogP contribution is 2.36. The van der Waals surface area contributed by atoms with Crippen LogP contribution in [-0.2, 0) is 9.59 Å². The molecule has 1 amide bonds. The zero-order valence-electron chi connectivity index (χ0n) is 10.9. The lowest BCUT2D eigenvalue weighted by Crippen LogP contribution is -2.48. The Balaban J connectivity index is 2.29. The molecule has 0 aromatic carbocycles. The zero-order valence-corrected chi connectivity index (χ0v) is 10.9. The third-order valence-electron chi connectivity index (χ3n) is 4.28. The number of aliphatic carboxylic acids is 1. The largest absolute Gasteiger partial charge is 0.480 e. The van der Waals surface area contributed by atoms with Gasteiger partial charge < -0.3 is 15.1 Å². The molecule has 0 spiro atoms. The van der Waals surface area contributed by atoms with Crippen LogP contribution < -0.4 is 0 Å². The molecule has 5 heteroatoms. The Morgan fingerprint density at radius 3 is 2.61 bits per heavy atom. The summed E-state index contributed by atoms with van der Waals surface area (Å²) in [5.41, 5.74) is 0. The first-order valence-corrected chi connectivity index (χ1v) is 6.66. The van der Waals surface area contributed by atoms with E-state index in [0.717, 1.165) is 12.8 Å². The Hall–Kier alpha value is -1.10. The molecule has 0 aromatic rings. The predicted molar refractivity (Wildman–Crippen MR) is 64.9 cm³/mol. The molecule has 0 radical (unpaired) electrons. The summed E-state index contributed by atoms with van der Waals surface area (Å²) >= 11 is 0. The Morgan fingerprint density at radius 2 is 2.06 bits per heavy atom. The minimum atomic E-state index is -1.01. The molecule has 0 saturated carbocycles. The van der Waals surface area contributed by atoms with Crippen LogP contribution >= 0.6 is 0 Å². The Labute approximate surface area is 107 Å². The van der Waals surface area contributed by atoms with E-state index in [2.05, 4.69) is 0 Å². The fraction of sp³-hybridized carbons (Fsp3) is 0.846. The first-order chi connectivity index (χ1) is 8.43. The fourth-order valence-corrected chi connectivity index (χ4v) is 3.26. The van der Waals surface area contributed by atoms with Crippen molar-refractivity contribution in [2.75, 3.05) is 0 Å². The van der Waals surface area contributed by atoms with Gasteiger partial charge in [0.25, 0.3) is 0 Å². The van der Waals surface area contributed by atoms with E-state index in [9.17, 15) is 19.8 Å². The van der Waals surface area contributed by atoms with E-state index in [-0.39, 0.29) is 30.2 Å². The van der Waals surface area contributed by atoms with Crippen molar-refractivity contribution in [1.29, 1.82) is 0 Å². The number of aliphatic hydroxyl groups is 1. The molecular formula is C13H21NO4. The number of carboxylic acids is 1. The van der Waals surface area contributed by atoms with Gasteiger partial charge in [0, 0.05) is 12.3 Å². The van der Waals surface area contributed by atoms with Gasteiger partial charge in [-0.05, 0) is 18.8 Å². The van der Waals surface area contributed by atoms with Crippen LogP contribution in [0.5, 0.6) is 0 Å². The molecule has 2 fully saturated rings. The maximum Gasteiger partial charge on any atom is 0.326 e. The molecule has 18 heavy (non-hydrogen) atoms. The van der Waals surface area contributed by atoms with Crippen LogP contribution in [0.1, 0.15) is 39.5 Å². The van der Waals surface area contributed by atoms with Crippen molar-refractivity contribution in [2.24, 2.45) is 11.8 Å². The summed E-state index contributed by atoms with van der Waals surface area (Å²) in [6, 6.07) is -1.15. The number of carboxylic acid groups (broad SMARTS) is 1. The number of hydrogen-bond donors (Lipinski definition) is 2. The van der Waals surface area contributed by atoms with Gasteiger partial charge in [0.15, 0.2) is 0 Å². The molecule has 2 aliphatic rings. The summed E-state index contributed by atoms with van der Waals surface area (Å²) in [6.07, 6.45) is 1.85. The van der Waals surface area contributed by atoms with Crippen LogP contribution in [0, 0.1) is 11.8 Å². The fourth-order valence-electron chi connectivity index (χ4n) is 3.26. The van der Waals surface area contributed by atoms with E-state index in [4.69, 9.17) is 0 Å². The van der Waals surface area contributed by atoms with Gasteiger partial charge in [-0.2, -0.15) is 0 Å². The van der Waals surface area contributed by atoms with Gasteiger partial charge in [0.2, 0.25) is 5.91 Å². The molecular weight excluding hydrogens is 234 g/mol. The van der Waals surface area contributed by atoms with Gasteiger partial charge in [-0.3, -0.25) is 4.79 Å². The summed E-state index contributed by atoms with van der Waals surface area (Å²) < 4.78 is 0. The second kappa shape index (κ2) is 4.88. The van der Waals surface area contributed by atoms with E-state index in [1.165, 1.54) is 4.90 Å². The molecule has 0 bridgehead atoms. The molecule has 2 rings (SSSR count). The summed E-state index contributed by atoms with van der Waals surface area (Å²) in [5.74, 6) is -0.989. The van der Waals surface area contributed by atoms with Gasteiger partial charge in [-0.25, -0.2) is 4.79 Å². The van der Waals surface area contributed by atoms with E-state index >= 15 is 0 Å². The number of aliphatic hydroxyl groups excluding tert-OH is 1. The number of amides is 1. The highest BCUT2D eigenvalue weighted by Gasteiger charge is 2.49. The minimum Gasteiger partial charge on any atom is -0.480 e. The molecule has 2 N–H and O–H groups in total. The van der Waals surface area contributed by atoms with E-state index < -0.39 is 18.1 Å². The number of nitrogens with zero attached hydrogens (tertiary/aromatic N) is 1. The van der Waals surface area contributed by atoms with Gasteiger partial charge in [-0.15, -0.1) is 0 Å². The summed E-state index contributed by atoms with van der Waals surface area (Å²) in [5, 5.41) is 19.2. The highest BCUT2D eigenvalue weighted by atomic mass is 16.4. The maximum absolute atomic E-state index is 12.5. The Kier molecular flexibility index (Phi) is 3.61. The number of fused-ring (bicyclic) bond motifs is 1. The predicted octanol–water partition coefficient (Wildman–Crippen LogP) is 0.857. The molecule has 5 nitrogen and oxygen atoms in total. The topological polar surface area (TPSA) is 77.8 Å². The number of carbonyl (C=O) groups excluding carboxylic acids is 1. The molecule has 0 unspecified atom stereocenters. The van der Waals surface area contributed by atoms with Gasteiger partial charge in [-0.1, -0.05) is 20.3 Å². The molecule has 102 valence electrons. The molecule has 0 aromatic heterocycles. The van der Waals surface area contributed by atoms with Gasteiger partial charge >= 0.3 is 5.97 Å². The van der Waals surface area contributed by atoms with Crippen molar-refractivity contribution in [3.8, 4) is 0 Å². The standard InChI is InChI=1S/C13H21NO4/c1-7(2)8-4-3-5-9-11(15)6-10(13(17)18)14(9)12(8)16/h7-11,15H,3-6H2,1-2H3,(H,17,18)/t8-,9-,10+,11-/m1/s1. The van der Waals surface area contributed by atoms with Crippen molar-refractivity contribution < 1.29 is 19.8 Å². The Bertz CT molecular complexity index is 355. The lowest BCUT2D eigenvalue weighted by Gasteiger charge is -2.30. The third-order valence-corrected chi connectivity index (χ3v) is 4.28. The SMILES string of the molecule is CC(C)[C@H]1CCC[C@@H]2[C@H](O)C[C@@H](C(=O)O)N2C1=O. The van der Waals surface area contributed by atoms with Crippen molar-refractivity contribution in [3.63, 3.8) is 0 Å². The van der Waals surface area contributed by atoms with Gasteiger partial charge in [0.1, 0.15) is 6.04 Å². The van der Waals surface area contributed by atoms with E-state index in [1.54, 1.807) is 0 Å². The van der Waals surface area contributed by atoms with Crippen LogP contribution in [0.3, 0.4) is 0 Å². The molecule has 2 heterocycles. The second-order valence-corrected chi connectivity index (χ2v) is 5.75. The molecule has 2 saturated heterocycles. The average molecular weight is 255 g/mol. The van der Waals surface area contributed by atoms with Crippen molar-refractivity contribution in [1.82, 2.24) is 4.90 Å². The first-order valence-electron chi connectivity index (χ1n) is 6.66. The monoisotopic (exact) mass is 255 g/mol. The average Bonchev–Trinajstić information content (AvgIpc) is 2.50. The molecule has 2 aliphatic heterocycles. The van der Waals surface area contributed by atoms with Crippen LogP contribution in [-0.4, -0.2) is 45.2 Å². The normalized spacial score (nSPS) is 36.7. The zero-order chi connectivity index (χ0) is 13.4.